The number of aromatic nitrogens is 3. The van der Waals surface area contributed by atoms with Crippen LogP contribution in [0.5, 0.6) is 0 Å². The summed E-state index contributed by atoms with van der Waals surface area (Å²) in [6.07, 6.45) is 1.38. The minimum absolute atomic E-state index is 0.0683. The van der Waals surface area contributed by atoms with E-state index in [4.69, 9.17) is 0 Å². The van der Waals surface area contributed by atoms with Crippen LogP contribution >= 0.6 is 0 Å². The minimum atomic E-state index is -1.12. The van der Waals surface area contributed by atoms with Crippen molar-refractivity contribution in [2.24, 2.45) is 5.92 Å². The van der Waals surface area contributed by atoms with Gasteiger partial charge in [0.15, 0.2) is 5.82 Å². The first kappa shape index (κ1) is 14.0. The van der Waals surface area contributed by atoms with Crippen molar-refractivity contribution in [3.8, 4) is 11.4 Å². The number of halogens is 2. The summed E-state index contributed by atoms with van der Waals surface area (Å²) >= 11 is 0. The second-order valence-corrected chi connectivity index (χ2v) is 4.74. The van der Waals surface area contributed by atoms with Gasteiger partial charge in [0, 0.05) is 6.54 Å². The molecule has 0 amide bonds. The zero-order chi connectivity index (χ0) is 14.9. The lowest BCUT2D eigenvalue weighted by molar-refractivity contribution is -0.387. The summed E-state index contributed by atoms with van der Waals surface area (Å²) in [6.45, 7) is 4.37. The number of nitro benzene ring substituents is 1. The van der Waals surface area contributed by atoms with Crippen molar-refractivity contribution < 1.29 is 13.7 Å². The van der Waals surface area contributed by atoms with Gasteiger partial charge in [-0.2, -0.15) is 4.39 Å². The van der Waals surface area contributed by atoms with E-state index in [1.807, 2.05) is 13.8 Å². The Kier molecular flexibility index (Phi) is 3.73. The molecule has 0 aliphatic carbocycles. The molecule has 1 aromatic carbocycles. The molecular formula is C12H12F2N4O2. The first-order valence-electron chi connectivity index (χ1n) is 5.91. The van der Waals surface area contributed by atoms with Gasteiger partial charge in [-0.3, -0.25) is 10.1 Å². The Morgan fingerprint density at radius 2 is 2.10 bits per heavy atom. The van der Waals surface area contributed by atoms with Crippen molar-refractivity contribution in [2.45, 2.75) is 20.4 Å². The van der Waals surface area contributed by atoms with Gasteiger partial charge in [-0.25, -0.2) is 4.39 Å². The van der Waals surface area contributed by atoms with Crippen molar-refractivity contribution in [3.63, 3.8) is 0 Å². The van der Waals surface area contributed by atoms with Crippen LogP contribution in [0, 0.1) is 27.7 Å². The molecule has 1 heterocycles. The Bertz CT molecular complexity index is 655. The fourth-order valence-corrected chi connectivity index (χ4v) is 1.86. The molecule has 0 N–H and O–H groups in total. The molecule has 2 rings (SSSR count). The summed E-state index contributed by atoms with van der Waals surface area (Å²) in [7, 11) is 0. The van der Waals surface area contributed by atoms with Crippen molar-refractivity contribution >= 4 is 5.69 Å². The molecule has 20 heavy (non-hydrogen) atoms. The van der Waals surface area contributed by atoms with Gasteiger partial charge in [-0.15, -0.1) is 10.2 Å². The summed E-state index contributed by atoms with van der Waals surface area (Å²) in [5.41, 5.74) is -1.19. The standard InChI is InChI=1S/C12H12F2N4O2/c1-7(2)5-17-6-15-16-12(17)9-3-8(13)4-10(11(9)14)18(19)20/h3-4,6-7H,5H2,1-2H3. The normalized spacial score (nSPS) is 11.1. The third kappa shape index (κ3) is 2.63. The molecule has 0 bridgehead atoms. The van der Waals surface area contributed by atoms with Crippen LogP contribution in [0.1, 0.15) is 13.8 Å². The van der Waals surface area contributed by atoms with E-state index >= 15 is 0 Å². The monoisotopic (exact) mass is 282 g/mol. The van der Waals surface area contributed by atoms with E-state index in [0.717, 1.165) is 6.07 Å². The lowest BCUT2D eigenvalue weighted by atomic mass is 10.1. The van der Waals surface area contributed by atoms with E-state index in [9.17, 15) is 18.9 Å². The smallest absolute Gasteiger partial charge is 0.308 e. The molecule has 0 aliphatic rings. The van der Waals surface area contributed by atoms with Gasteiger partial charge in [0.25, 0.3) is 0 Å². The van der Waals surface area contributed by atoms with Gasteiger partial charge in [0.1, 0.15) is 12.1 Å². The van der Waals surface area contributed by atoms with Crippen LogP contribution < -0.4 is 0 Å². The lowest BCUT2D eigenvalue weighted by Crippen LogP contribution is -2.07. The third-order valence-electron chi connectivity index (χ3n) is 2.63. The van der Waals surface area contributed by atoms with Crippen LogP contribution in [0.3, 0.4) is 0 Å². The predicted molar refractivity (Wildman–Crippen MR) is 66.9 cm³/mol. The zero-order valence-corrected chi connectivity index (χ0v) is 10.9. The van der Waals surface area contributed by atoms with E-state index in [-0.39, 0.29) is 17.3 Å². The highest BCUT2D eigenvalue weighted by atomic mass is 19.1. The number of benzene rings is 1. The second kappa shape index (κ2) is 5.32. The van der Waals surface area contributed by atoms with Crippen molar-refractivity contribution in [2.75, 3.05) is 0 Å². The van der Waals surface area contributed by atoms with E-state index < -0.39 is 22.2 Å². The van der Waals surface area contributed by atoms with Gasteiger partial charge in [0.05, 0.1) is 16.6 Å². The number of hydrogen-bond acceptors (Lipinski definition) is 4. The average molecular weight is 282 g/mol. The molecule has 1 aromatic heterocycles. The average Bonchev–Trinajstić information content (AvgIpc) is 2.78. The highest BCUT2D eigenvalue weighted by Crippen LogP contribution is 2.29. The lowest BCUT2D eigenvalue weighted by Gasteiger charge is -2.09. The number of hydrogen-bond donors (Lipinski definition) is 0. The van der Waals surface area contributed by atoms with Crippen molar-refractivity contribution in [1.82, 2.24) is 14.8 Å². The molecule has 0 fully saturated rings. The summed E-state index contributed by atoms with van der Waals surface area (Å²) in [4.78, 5) is 9.75. The van der Waals surface area contributed by atoms with Crippen molar-refractivity contribution in [1.29, 1.82) is 0 Å². The predicted octanol–water partition coefficient (Wildman–Crippen LogP) is 2.79. The maximum atomic E-state index is 14.1. The summed E-state index contributed by atoms with van der Waals surface area (Å²) in [5.74, 6) is -1.71. The summed E-state index contributed by atoms with van der Waals surface area (Å²) in [5, 5.41) is 18.1. The minimum Gasteiger partial charge on any atom is -0.313 e. The fraction of sp³-hybridized carbons (Fsp3) is 0.333. The first-order chi connectivity index (χ1) is 9.40. The molecule has 0 aliphatic heterocycles. The molecule has 0 unspecified atom stereocenters. The highest BCUT2D eigenvalue weighted by Gasteiger charge is 2.24. The Balaban J connectivity index is 2.58. The van der Waals surface area contributed by atoms with Gasteiger partial charge < -0.3 is 4.57 Å². The molecule has 0 atom stereocenters. The van der Waals surface area contributed by atoms with Crippen LogP contribution in [0.4, 0.5) is 14.5 Å². The largest absolute Gasteiger partial charge is 0.313 e. The zero-order valence-electron chi connectivity index (χ0n) is 10.9. The van der Waals surface area contributed by atoms with Crippen LogP contribution in [0.25, 0.3) is 11.4 Å². The molecule has 6 nitrogen and oxygen atoms in total. The van der Waals surface area contributed by atoms with E-state index in [0.29, 0.717) is 12.6 Å². The van der Waals surface area contributed by atoms with Crippen LogP contribution in [0.15, 0.2) is 18.5 Å². The molecular weight excluding hydrogens is 270 g/mol. The maximum Gasteiger partial charge on any atom is 0.308 e. The first-order valence-corrected chi connectivity index (χ1v) is 5.91. The topological polar surface area (TPSA) is 73.8 Å². The maximum absolute atomic E-state index is 14.1. The van der Waals surface area contributed by atoms with Crippen molar-refractivity contribution in [3.05, 3.63) is 40.2 Å². The quantitative estimate of drug-likeness (QED) is 0.638. The fourth-order valence-electron chi connectivity index (χ4n) is 1.86. The number of nitrogens with zero attached hydrogens (tertiary/aromatic N) is 4. The molecule has 8 heteroatoms. The Labute approximate surface area is 113 Å². The Morgan fingerprint density at radius 3 is 2.70 bits per heavy atom. The van der Waals surface area contributed by atoms with E-state index in [2.05, 4.69) is 10.2 Å². The van der Waals surface area contributed by atoms with E-state index in [1.54, 1.807) is 0 Å². The molecule has 0 radical (unpaired) electrons. The second-order valence-electron chi connectivity index (χ2n) is 4.74. The van der Waals surface area contributed by atoms with Crippen LogP contribution in [-0.2, 0) is 6.54 Å². The van der Waals surface area contributed by atoms with Gasteiger partial charge in [-0.1, -0.05) is 13.8 Å². The molecule has 106 valence electrons. The van der Waals surface area contributed by atoms with E-state index in [1.165, 1.54) is 10.9 Å². The number of nitro groups is 1. The highest BCUT2D eigenvalue weighted by molar-refractivity contribution is 5.61. The van der Waals surface area contributed by atoms with Gasteiger partial charge >= 0.3 is 5.69 Å². The van der Waals surface area contributed by atoms with Gasteiger partial charge in [0.2, 0.25) is 5.82 Å². The Hall–Kier alpha value is -2.38. The summed E-state index contributed by atoms with van der Waals surface area (Å²) < 4.78 is 29.1. The number of rotatable bonds is 4. The molecule has 0 saturated carbocycles. The van der Waals surface area contributed by atoms with Gasteiger partial charge in [-0.05, 0) is 12.0 Å². The Morgan fingerprint density at radius 1 is 1.40 bits per heavy atom. The third-order valence-corrected chi connectivity index (χ3v) is 2.63. The summed E-state index contributed by atoms with van der Waals surface area (Å²) in [6, 6.07) is 1.42. The molecule has 0 saturated heterocycles. The SMILES string of the molecule is CC(C)Cn1cnnc1-c1cc(F)cc([N+](=O)[O-])c1F. The molecule has 0 spiro atoms. The van der Waals surface area contributed by atoms with Crippen LogP contribution in [0.2, 0.25) is 0 Å². The van der Waals surface area contributed by atoms with Crippen LogP contribution in [-0.4, -0.2) is 19.7 Å². The molecule has 2 aromatic rings.